The zero-order valence-electron chi connectivity index (χ0n) is 21.4. The van der Waals surface area contributed by atoms with Gasteiger partial charge in [0.05, 0.1) is 6.10 Å². The van der Waals surface area contributed by atoms with Crippen molar-refractivity contribution < 1.29 is 25.3 Å². The van der Waals surface area contributed by atoms with Crippen molar-refractivity contribution >= 4 is 11.8 Å². The largest absolute Gasteiger partial charge is 0.481 e. The lowest BCUT2D eigenvalue weighted by Crippen LogP contribution is -2.58. The molecule has 4 aliphatic carbocycles. The number of carbonyl (C=O) groups is 2. The summed E-state index contributed by atoms with van der Waals surface area (Å²) < 4.78 is 33.6. The van der Waals surface area contributed by atoms with E-state index >= 15 is 0 Å². The van der Waals surface area contributed by atoms with Crippen LogP contribution in [0.25, 0.3) is 0 Å². The summed E-state index contributed by atoms with van der Waals surface area (Å²) in [6, 6.07) is 0. The Balaban J connectivity index is 1.65. The fourth-order valence-electron chi connectivity index (χ4n) is 7.91. The molecule has 4 rings (SSSR count). The van der Waals surface area contributed by atoms with E-state index in [9.17, 15) is 14.7 Å². The molecule has 0 heterocycles. The molecule has 4 unspecified atom stereocenters. The molecular formula is C24H38O4. The van der Waals surface area contributed by atoms with E-state index in [2.05, 4.69) is 13.8 Å². The van der Waals surface area contributed by atoms with Crippen LogP contribution in [0, 0.1) is 46.3 Å². The van der Waals surface area contributed by atoms with Crippen LogP contribution in [-0.2, 0) is 9.59 Å². The van der Waals surface area contributed by atoms with Gasteiger partial charge in [-0.25, -0.2) is 0 Å². The number of aliphatic hydroxyl groups excluding tert-OH is 1. The van der Waals surface area contributed by atoms with Crippen molar-refractivity contribution in [3.8, 4) is 0 Å². The number of ketones is 1. The Morgan fingerprint density at radius 3 is 2.64 bits per heavy atom. The summed E-state index contributed by atoms with van der Waals surface area (Å²) in [5.74, 6) is -1.48. The molecule has 0 aromatic carbocycles. The molecular weight excluding hydrogens is 352 g/mol. The predicted octanol–water partition coefficient (Wildman–Crippen LogP) is 4.69. The van der Waals surface area contributed by atoms with Crippen molar-refractivity contribution in [2.24, 2.45) is 46.3 Å². The SMILES string of the molecule is [2H]C1([2H])C[C@]2(C)C3CC[C@@]4(C)C(CC[C@@H]4[C@H](C)CCC(=O)O)C3[C@H](O)CC2C([2H])([2H])C1=O. The number of rotatable bonds is 4. The smallest absolute Gasteiger partial charge is 0.303 e. The van der Waals surface area contributed by atoms with Crippen LogP contribution in [0.15, 0.2) is 0 Å². The van der Waals surface area contributed by atoms with Gasteiger partial charge in [-0.05, 0) is 91.3 Å². The molecule has 4 aliphatic rings. The Morgan fingerprint density at radius 1 is 1.21 bits per heavy atom. The number of aliphatic carboxylic acids is 1. The Morgan fingerprint density at radius 2 is 1.93 bits per heavy atom. The number of Topliss-reactive ketones (excluding diaryl/α,β-unsaturated/α-hetero) is 1. The van der Waals surface area contributed by atoms with Gasteiger partial charge in [-0.3, -0.25) is 9.59 Å². The van der Waals surface area contributed by atoms with Gasteiger partial charge in [0.1, 0.15) is 5.78 Å². The molecule has 0 aliphatic heterocycles. The molecule has 28 heavy (non-hydrogen) atoms. The van der Waals surface area contributed by atoms with Crippen molar-refractivity contribution in [3.05, 3.63) is 0 Å². The average molecular weight is 395 g/mol. The first-order chi connectivity index (χ1) is 14.7. The summed E-state index contributed by atoms with van der Waals surface area (Å²) in [7, 11) is 0. The molecule has 0 bridgehead atoms. The highest BCUT2D eigenvalue weighted by Crippen LogP contribution is 2.68. The maximum absolute atomic E-state index is 12.6. The minimum absolute atomic E-state index is 0.00574. The zero-order chi connectivity index (χ0) is 23.9. The van der Waals surface area contributed by atoms with Gasteiger partial charge < -0.3 is 10.2 Å². The van der Waals surface area contributed by atoms with E-state index in [1.54, 1.807) is 0 Å². The van der Waals surface area contributed by atoms with Crippen LogP contribution in [-0.4, -0.2) is 28.1 Å². The lowest BCUT2D eigenvalue weighted by atomic mass is 9.44. The number of carbonyl (C=O) groups excluding carboxylic acids is 1. The number of hydrogen-bond acceptors (Lipinski definition) is 3. The molecule has 0 spiro atoms. The third-order valence-electron chi connectivity index (χ3n) is 9.41. The van der Waals surface area contributed by atoms with E-state index in [0.29, 0.717) is 12.3 Å². The van der Waals surface area contributed by atoms with E-state index in [-0.39, 0.29) is 48.3 Å². The fraction of sp³-hybridized carbons (Fsp3) is 0.917. The van der Waals surface area contributed by atoms with Crippen molar-refractivity contribution in [2.45, 2.75) is 91.0 Å². The summed E-state index contributed by atoms with van der Waals surface area (Å²) >= 11 is 0. The van der Waals surface area contributed by atoms with Gasteiger partial charge in [-0.15, -0.1) is 0 Å². The molecule has 0 radical (unpaired) electrons. The van der Waals surface area contributed by atoms with Gasteiger partial charge in [0.25, 0.3) is 0 Å². The summed E-state index contributed by atoms with van der Waals surface area (Å²) in [4.78, 5) is 23.7. The normalized spacial score (nSPS) is 54.8. The number of hydrogen-bond donors (Lipinski definition) is 2. The van der Waals surface area contributed by atoms with Crippen LogP contribution < -0.4 is 0 Å². The number of carboxylic acids is 1. The monoisotopic (exact) mass is 394 g/mol. The molecule has 0 amide bonds. The predicted molar refractivity (Wildman–Crippen MR) is 108 cm³/mol. The van der Waals surface area contributed by atoms with Gasteiger partial charge in [-0.2, -0.15) is 0 Å². The van der Waals surface area contributed by atoms with Gasteiger partial charge in [0.2, 0.25) is 0 Å². The lowest BCUT2D eigenvalue weighted by molar-refractivity contribution is -0.169. The first-order valence-electron chi connectivity index (χ1n) is 13.1. The van der Waals surface area contributed by atoms with Crippen LogP contribution in [0.4, 0.5) is 0 Å². The molecule has 158 valence electrons. The number of aliphatic hydroxyl groups is 1. The second-order valence-electron chi connectivity index (χ2n) is 10.6. The Bertz CT molecular complexity index is 801. The first kappa shape index (κ1) is 15.9. The van der Waals surface area contributed by atoms with Crippen molar-refractivity contribution in [3.63, 3.8) is 0 Å². The molecule has 4 nitrogen and oxygen atoms in total. The molecule has 0 saturated heterocycles. The highest BCUT2D eigenvalue weighted by atomic mass is 16.4. The topological polar surface area (TPSA) is 74.6 Å². The lowest BCUT2D eigenvalue weighted by Gasteiger charge is -2.62. The highest BCUT2D eigenvalue weighted by Gasteiger charge is 2.62. The Hall–Kier alpha value is -0.900. The highest BCUT2D eigenvalue weighted by molar-refractivity contribution is 5.79. The molecule has 9 atom stereocenters. The van der Waals surface area contributed by atoms with Crippen LogP contribution in [0.2, 0.25) is 0 Å². The van der Waals surface area contributed by atoms with Gasteiger partial charge in [-0.1, -0.05) is 20.8 Å². The minimum atomic E-state index is -2.27. The van der Waals surface area contributed by atoms with Crippen LogP contribution in [0.3, 0.4) is 0 Å². The maximum atomic E-state index is 12.6. The standard InChI is InChI=1S/C24H38O4/c1-14(4-7-21(27)28)17-5-6-18-22-19(9-11-24(17,18)3)23(2)10-8-16(25)12-15(23)13-20(22)26/h14-15,17-20,22,26H,4-13H2,1-3H3,(H,27,28)/t14-,15?,17-,18?,19?,20-,22?,23+,24-/m1/s1/i8D2,12D2. The molecule has 4 fully saturated rings. The Kier molecular flexibility index (Phi) is 4.03. The van der Waals surface area contributed by atoms with Gasteiger partial charge >= 0.3 is 5.97 Å². The fourth-order valence-corrected chi connectivity index (χ4v) is 7.91. The second kappa shape index (κ2) is 7.11. The van der Waals surface area contributed by atoms with Crippen molar-refractivity contribution in [1.82, 2.24) is 0 Å². The molecule has 0 aromatic rings. The maximum Gasteiger partial charge on any atom is 0.303 e. The van der Waals surface area contributed by atoms with Crippen LogP contribution in [0.5, 0.6) is 0 Å². The second-order valence-corrected chi connectivity index (χ2v) is 10.6. The molecule has 4 heteroatoms. The van der Waals surface area contributed by atoms with Crippen LogP contribution in [0.1, 0.15) is 90.4 Å². The van der Waals surface area contributed by atoms with Crippen molar-refractivity contribution in [1.29, 1.82) is 0 Å². The average Bonchev–Trinajstić information content (AvgIpc) is 3.03. The summed E-state index contributed by atoms with van der Waals surface area (Å²) in [5.41, 5.74) is -0.662. The number of fused-ring (bicyclic) bond motifs is 5. The quantitative estimate of drug-likeness (QED) is 0.725. The van der Waals surface area contributed by atoms with E-state index in [1.165, 1.54) is 0 Å². The minimum Gasteiger partial charge on any atom is -0.481 e. The van der Waals surface area contributed by atoms with E-state index in [0.717, 1.165) is 25.7 Å². The van der Waals surface area contributed by atoms with Crippen LogP contribution >= 0.6 is 0 Å². The molecule has 4 saturated carbocycles. The first-order valence-corrected chi connectivity index (χ1v) is 11.1. The molecule has 0 aromatic heterocycles. The number of carboxylic acid groups (broad SMARTS) is 1. The molecule has 2 N–H and O–H groups in total. The van der Waals surface area contributed by atoms with Crippen molar-refractivity contribution in [2.75, 3.05) is 0 Å². The third-order valence-corrected chi connectivity index (χ3v) is 9.41. The van der Waals surface area contributed by atoms with Gasteiger partial charge in [0, 0.05) is 24.6 Å². The van der Waals surface area contributed by atoms with E-state index in [1.807, 2.05) is 6.92 Å². The summed E-state index contributed by atoms with van der Waals surface area (Å²) in [5, 5.41) is 20.4. The third kappa shape index (κ3) is 3.05. The summed E-state index contributed by atoms with van der Waals surface area (Å²) in [6.07, 6.45) is -0.390. The van der Waals surface area contributed by atoms with E-state index in [4.69, 9.17) is 10.6 Å². The van der Waals surface area contributed by atoms with E-state index < -0.39 is 41.9 Å². The van der Waals surface area contributed by atoms with Gasteiger partial charge in [0.15, 0.2) is 0 Å². The Labute approximate surface area is 175 Å². The summed E-state index contributed by atoms with van der Waals surface area (Å²) in [6.45, 7) is 6.42. The zero-order valence-corrected chi connectivity index (χ0v) is 17.4.